The van der Waals surface area contributed by atoms with Crippen molar-refractivity contribution in [1.82, 2.24) is 0 Å². The lowest BCUT2D eigenvalue weighted by Gasteiger charge is -2.25. The third kappa shape index (κ3) is 4.07. The molecule has 182 valence electrons. The number of para-hydroxylation sites is 1. The summed E-state index contributed by atoms with van der Waals surface area (Å²) in [4.78, 5) is 29.3. The van der Waals surface area contributed by atoms with Crippen LogP contribution in [-0.4, -0.2) is 5.91 Å². The molecule has 0 fully saturated rings. The standard InChI is InChI=1S/C31H22ClNO4/c1-2-19-11-14-22(15-12-19)33-28(20-7-6-10-24(17-20)36-23-8-4-3-5-9-23)27-29(34)25-18-21(32)13-16-26(25)37-30(27)31(33)35/h3-18,28H,2H2,1H3. The van der Waals surface area contributed by atoms with Crippen LogP contribution in [0, 0.1) is 0 Å². The molecule has 0 saturated heterocycles. The highest BCUT2D eigenvalue weighted by molar-refractivity contribution is 6.31. The Kier molecular flexibility index (Phi) is 5.78. The lowest BCUT2D eigenvalue weighted by molar-refractivity contribution is 0.0971. The van der Waals surface area contributed by atoms with E-state index >= 15 is 0 Å². The molecule has 2 heterocycles. The normalized spacial score (nSPS) is 14.7. The minimum Gasteiger partial charge on any atom is -0.457 e. The van der Waals surface area contributed by atoms with Crippen molar-refractivity contribution in [2.24, 2.45) is 0 Å². The van der Waals surface area contributed by atoms with E-state index in [1.165, 1.54) is 0 Å². The summed E-state index contributed by atoms with van der Waals surface area (Å²) in [5, 5.41) is 0.759. The maximum absolute atomic E-state index is 13.8. The van der Waals surface area contributed by atoms with Gasteiger partial charge in [0.1, 0.15) is 17.1 Å². The van der Waals surface area contributed by atoms with E-state index in [0.29, 0.717) is 33.2 Å². The van der Waals surface area contributed by atoms with Crippen molar-refractivity contribution >= 4 is 34.2 Å². The van der Waals surface area contributed by atoms with Crippen molar-refractivity contribution in [1.29, 1.82) is 0 Å². The van der Waals surface area contributed by atoms with E-state index in [4.69, 9.17) is 20.8 Å². The first-order chi connectivity index (χ1) is 18.0. The first-order valence-corrected chi connectivity index (χ1v) is 12.4. The van der Waals surface area contributed by atoms with E-state index in [1.54, 1.807) is 23.1 Å². The Balaban J connectivity index is 1.54. The fourth-order valence-corrected chi connectivity index (χ4v) is 4.96. The van der Waals surface area contributed by atoms with Crippen LogP contribution in [0.4, 0.5) is 5.69 Å². The Bertz CT molecular complexity index is 1690. The van der Waals surface area contributed by atoms with Crippen molar-refractivity contribution in [2.45, 2.75) is 19.4 Å². The van der Waals surface area contributed by atoms with E-state index in [1.807, 2.05) is 78.9 Å². The number of amides is 1. The van der Waals surface area contributed by atoms with Gasteiger partial charge in [-0.1, -0.05) is 61.0 Å². The Hall–Kier alpha value is -4.35. The smallest absolute Gasteiger partial charge is 0.295 e. The summed E-state index contributed by atoms with van der Waals surface area (Å²) in [5.74, 6) is 0.958. The number of carbonyl (C=O) groups is 1. The molecule has 0 radical (unpaired) electrons. The molecule has 6 rings (SSSR count). The van der Waals surface area contributed by atoms with Gasteiger partial charge in [0.15, 0.2) is 5.43 Å². The number of hydrogen-bond acceptors (Lipinski definition) is 4. The topological polar surface area (TPSA) is 59.8 Å². The molecule has 0 bridgehead atoms. The fraction of sp³-hybridized carbons (Fsp3) is 0.0968. The number of fused-ring (bicyclic) bond motifs is 2. The Morgan fingerprint density at radius 1 is 0.865 bits per heavy atom. The minimum atomic E-state index is -0.700. The van der Waals surface area contributed by atoms with Crippen LogP contribution in [0.1, 0.15) is 40.2 Å². The van der Waals surface area contributed by atoms with Gasteiger partial charge < -0.3 is 9.15 Å². The average Bonchev–Trinajstić information content (AvgIpc) is 3.22. The summed E-state index contributed by atoms with van der Waals surface area (Å²) in [6, 6.07) is 28.8. The molecule has 0 spiro atoms. The number of nitrogens with zero attached hydrogens (tertiary/aromatic N) is 1. The molecule has 1 aliphatic heterocycles. The number of hydrogen-bond donors (Lipinski definition) is 0. The van der Waals surface area contributed by atoms with Crippen molar-refractivity contribution in [3.63, 3.8) is 0 Å². The van der Waals surface area contributed by atoms with Gasteiger partial charge in [0.05, 0.1) is 17.0 Å². The third-order valence-corrected chi connectivity index (χ3v) is 6.84. The number of benzene rings is 4. The van der Waals surface area contributed by atoms with Crippen LogP contribution < -0.4 is 15.1 Å². The van der Waals surface area contributed by atoms with Crippen LogP contribution in [0.15, 0.2) is 106 Å². The molecule has 1 atom stereocenters. The zero-order valence-electron chi connectivity index (χ0n) is 20.0. The lowest BCUT2D eigenvalue weighted by atomic mass is 9.98. The second-order valence-corrected chi connectivity index (χ2v) is 9.34. The van der Waals surface area contributed by atoms with Gasteiger partial charge in [-0.05, 0) is 72.1 Å². The lowest BCUT2D eigenvalue weighted by Crippen LogP contribution is -2.29. The van der Waals surface area contributed by atoms with Crippen LogP contribution in [0.25, 0.3) is 11.0 Å². The summed E-state index contributed by atoms with van der Waals surface area (Å²) < 4.78 is 12.1. The molecule has 0 aliphatic carbocycles. The molecule has 1 aromatic heterocycles. The monoisotopic (exact) mass is 507 g/mol. The maximum atomic E-state index is 13.8. The number of rotatable bonds is 5. The van der Waals surface area contributed by atoms with Crippen molar-refractivity contribution < 1.29 is 13.9 Å². The summed E-state index contributed by atoms with van der Waals surface area (Å²) in [7, 11) is 0. The maximum Gasteiger partial charge on any atom is 0.295 e. The van der Waals surface area contributed by atoms with Gasteiger partial charge in [-0.15, -0.1) is 0 Å². The predicted octanol–water partition coefficient (Wildman–Crippen LogP) is 7.55. The molecule has 0 saturated carbocycles. The number of carbonyl (C=O) groups excluding carboxylic acids is 1. The van der Waals surface area contributed by atoms with Gasteiger partial charge in [0, 0.05) is 10.7 Å². The van der Waals surface area contributed by atoms with Gasteiger partial charge in [-0.2, -0.15) is 0 Å². The summed E-state index contributed by atoms with van der Waals surface area (Å²) in [5.41, 5.74) is 2.89. The zero-order valence-corrected chi connectivity index (χ0v) is 20.7. The number of aryl methyl sites for hydroxylation is 1. The van der Waals surface area contributed by atoms with Crippen LogP contribution in [0.2, 0.25) is 5.02 Å². The van der Waals surface area contributed by atoms with Gasteiger partial charge >= 0.3 is 0 Å². The van der Waals surface area contributed by atoms with Crippen LogP contribution in [0.3, 0.4) is 0 Å². The van der Waals surface area contributed by atoms with Crippen molar-refractivity contribution in [3.8, 4) is 11.5 Å². The highest BCUT2D eigenvalue weighted by Gasteiger charge is 2.43. The Labute approximate surface area is 218 Å². The second-order valence-electron chi connectivity index (χ2n) is 8.90. The van der Waals surface area contributed by atoms with Crippen molar-refractivity contribution in [3.05, 3.63) is 135 Å². The van der Waals surface area contributed by atoms with Gasteiger partial charge in [-0.3, -0.25) is 14.5 Å². The Morgan fingerprint density at radius 2 is 1.62 bits per heavy atom. The van der Waals surface area contributed by atoms with Crippen LogP contribution in [0.5, 0.6) is 11.5 Å². The van der Waals surface area contributed by atoms with Crippen LogP contribution >= 0.6 is 11.6 Å². The van der Waals surface area contributed by atoms with Crippen LogP contribution in [-0.2, 0) is 6.42 Å². The number of ether oxygens (including phenoxy) is 1. The summed E-state index contributed by atoms with van der Waals surface area (Å²) in [6.45, 7) is 2.08. The molecule has 1 unspecified atom stereocenters. The molecule has 5 aromatic rings. The SMILES string of the molecule is CCc1ccc(N2C(=O)c3oc4ccc(Cl)cc4c(=O)c3C2c2cccc(Oc3ccccc3)c2)cc1. The van der Waals surface area contributed by atoms with Gasteiger partial charge in [-0.25, -0.2) is 0 Å². The highest BCUT2D eigenvalue weighted by Crippen LogP contribution is 2.42. The Morgan fingerprint density at radius 3 is 2.38 bits per heavy atom. The molecule has 1 aliphatic rings. The molecule has 4 aromatic carbocycles. The second kappa shape index (κ2) is 9.26. The van der Waals surface area contributed by atoms with Crippen molar-refractivity contribution in [2.75, 3.05) is 4.90 Å². The molecular weight excluding hydrogens is 486 g/mol. The van der Waals surface area contributed by atoms with E-state index < -0.39 is 6.04 Å². The molecule has 37 heavy (non-hydrogen) atoms. The van der Waals surface area contributed by atoms with E-state index in [0.717, 1.165) is 17.5 Å². The predicted molar refractivity (Wildman–Crippen MR) is 145 cm³/mol. The first kappa shape index (κ1) is 23.1. The van der Waals surface area contributed by atoms with E-state index in [-0.39, 0.29) is 22.7 Å². The van der Waals surface area contributed by atoms with Gasteiger partial charge in [0.25, 0.3) is 5.91 Å². The minimum absolute atomic E-state index is 0.0405. The first-order valence-electron chi connectivity index (χ1n) is 12.0. The molecule has 5 nitrogen and oxygen atoms in total. The summed E-state index contributed by atoms with van der Waals surface area (Å²) in [6.07, 6.45) is 0.878. The van der Waals surface area contributed by atoms with E-state index in [2.05, 4.69) is 6.92 Å². The number of anilines is 1. The third-order valence-electron chi connectivity index (χ3n) is 6.61. The molecule has 6 heteroatoms. The highest BCUT2D eigenvalue weighted by atomic mass is 35.5. The van der Waals surface area contributed by atoms with Gasteiger partial charge in [0.2, 0.25) is 5.76 Å². The molecule has 1 amide bonds. The fourth-order valence-electron chi connectivity index (χ4n) is 4.79. The quantitative estimate of drug-likeness (QED) is 0.246. The van der Waals surface area contributed by atoms with E-state index in [9.17, 15) is 9.59 Å². The number of halogens is 1. The zero-order chi connectivity index (χ0) is 25.5. The largest absolute Gasteiger partial charge is 0.457 e. The average molecular weight is 508 g/mol. The molecular formula is C31H22ClNO4. The summed E-state index contributed by atoms with van der Waals surface area (Å²) >= 11 is 6.20. The molecule has 0 N–H and O–H groups in total.